The SMILES string of the molecule is CCCNC(c1ccc(C)cc1)C1CSc2ccccc21. The Kier molecular flexibility index (Phi) is 4.67. The van der Waals surface area contributed by atoms with E-state index in [2.05, 4.69) is 67.7 Å². The van der Waals surface area contributed by atoms with Gasteiger partial charge in [0.05, 0.1) is 0 Å². The van der Waals surface area contributed by atoms with Gasteiger partial charge in [-0.05, 0) is 37.1 Å². The van der Waals surface area contributed by atoms with E-state index >= 15 is 0 Å². The van der Waals surface area contributed by atoms with Crippen LogP contribution in [0.4, 0.5) is 0 Å². The predicted octanol–water partition coefficient (Wildman–Crippen LogP) is 4.93. The Labute approximate surface area is 132 Å². The monoisotopic (exact) mass is 297 g/mol. The van der Waals surface area contributed by atoms with E-state index in [1.165, 1.54) is 33.8 Å². The first-order valence-electron chi connectivity index (χ1n) is 7.81. The van der Waals surface area contributed by atoms with Gasteiger partial charge < -0.3 is 5.32 Å². The van der Waals surface area contributed by atoms with Crippen molar-refractivity contribution < 1.29 is 0 Å². The van der Waals surface area contributed by atoms with Crippen LogP contribution in [0.5, 0.6) is 0 Å². The van der Waals surface area contributed by atoms with Crippen molar-refractivity contribution in [2.45, 2.75) is 37.1 Å². The van der Waals surface area contributed by atoms with E-state index in [4.69, 9.17) is 0 Å². The first-order valence-corrected chi connectivity index (χ1v) is 8.80. The summed E-state index contributed by atoms with van der Waals surface area (Å²) >= 11 is 2.00. The summed E-state index contributed by atoms with van der Waals surface area (Å²) in [7, 11) is 0. The van der Waals surface area contributed by atoms with Crippen molar-refractivity contribution in [1.29, 1.82) is 0 Å². The van der Waals surface area contributed by atoms with Crippen molar-refractivity contribution in [3.63, 3.8) is 0 Å². The second-order valence-corrected chi connectivity index (χ2v) is 6.86. The van der Waals surface area contributed by atoms with Crippen LogP contribution in [0.25, 0.3) is 0 Å². The van der Waals surface area contributed by atoms with Gasteiger partial charge in [0.1, 0.15) is 0 Å². The van der Waals surface area contributed by atoms with Gasteiger partial charge in [0.2, 0.25) is 0 Å². The third-order valence-electron chi connectivity index (χ3n) is 4.19. The molecule has 0 radical (unpaired) electrons. The number of thioether (sulfide) groups is 1. The highest BCUT2D eigenvalue weighted by atomic mass is 32.2. The molecular formula is C19H23NS. The van der Waals surface area contributed by atoms with Gasteiger partial charge in [-0.3, -0.25) is 0 Å². The van der Waals surface area contributed by atoms with E-state index in [0.717, 1.165) is 6.54 Å². The molecule has 0 bridgehead atoms. The maximum atomic E-state index is 3.77. The van der Waals surface area contributed by atoms with Crippen LogP contribution in [-0.4, -0.2) is 12.3 Å². The van der Waals surface area contributed by atoms with Gasteiger partial charge in [0.25, 0.3) is 0 Å². The normalized spacial score (nSPS) is 18.5. The maximum absolute atomic E-state index is 3.77. The lowest BCUT2D eigenvalue weighted by molar-refractivity contribution is 0.471. The lowest BCUT2D eigenvalue weighted by Gasteiger charge is -2.26. The van der Waals surface area contributed by atoms with Crippen LogP contribution < -0.4 is 5.32 Å². The molecule has 0 fully saturated rings. The van der Waals surface area contributed by atoms with Crippen LogP contribution in [0.2, 0.25) is 0 Å². The van der Waals surface area contributed by atoms with Crippen molar-refractivity contribution in [2.24, 2.45) is 0 Å². The van der Waals surface area contributed by atoms with Gasteiger partial charge in [-0.1, -0.05) is 55.0 Å². The summed E-state index contributed by atoms with van der Waals surface area (Å²) in [4.78, 5) is 1.46. The minimum Gasteiger partial charge on any atom is -0.309 e. The summed E-state index contributed by atoms with van der Waals surface area (Å²) < 4.78 is 0. The number of hydrogen-bond acceptors (Lipinski definition) is 2. The van der Waals surface area contributed by atoms with Crippen LogP contribution >= 0.6 is 11.8 Å². The third kappa shape index (κ3) is 3.17. The largest absolute Gasteiger partial charge is 0.309 e. The van der Waals surface area contributed by atoms with Crippen molar-refractivity contribution in [3.05, 3.63) is 65.2 Å². The zero-order valence-electron chi connectivity index (χ0n) is 12.8. The van der Waals surface area contributed by atoms with Gasteiger partial charge in [0, 0.05) is 22.6 Å². The molecule has 1 heterocycles. The molecule has 1 aliphatic rings. The van der Waals surface area contributed by atoms with Crippen LogP contribution in [0, 0.1) is 6.92 Å². The van der Waals surface area contributed by atoms with Crippen molar-refractivity contribution >= 4 is 11.8 Å². The number of benzene rings is 2. The first kappa shape index (κ1) is 14.7. The number of rotatable bonds is 5. The van der Waals surface area contributed by atoms with Gasteiger partial charge in [0.15, 0.2) is 0 Å². The van der Waals surface area contributed by atoms with E-state index < -0.39 is 0 Å². The fourth-order valence-corrected chi connectivity index (χ4v) is 4.32. The second-order valence-electron chi connectivity index (χ2n) is 5.80. The predicted molar refractivity (Wildman–Crippen MR) is 92.1 cm³/mol. The Hall–Kier alpha value is -1.25. The van der Waals surface area contributed by atoms with Crippen LogP contribution in [0.3, 0.4) is 0 Å². The molecule has 0 aromatic heterocycles. The highest BCUT2D eigenvalue weighted by Gasteiger charge is 2.30. The first-order chi connectivity index (χ1) is 10.3. The lowest BCUT2D eigenvalue weighted by atomic mass is 9.88. The quantitative estimate of drug-likeness (QED) is 0.840. The number of fused-ring (bicyclic) bond motifs is 1. The van der Waals surface area contributed by atoms with Crippen LogP contribution in [0.1, 0.15) is 42.0 Å². The Morgan fingerprint density at radius 1 is 1.14 bits per heavy atom. The average Bonchev–Trinajstić information content (AvgIpc) is 2.93. The minimum atomic E-state index is 0.418. The van der Waals surface area contributed by atoms with E-state index in [0.29, 0.717) is 12.0 Å². The van der Waals surface area contributed by atoms with Gasteiger partial charge >= 0.3 is 0 Å². The fraction of sp³-hybridized carbons (Fsp3) is 0.368. The molecule has 0 amide bonds. The van der Waals surface area contributed by atoms with Gasteiger partial charge in [-0.2, -0.15) is 0 Å². The summed E-state index contributed by atoms with van der Waals surface area (Å²) in [6.07, 6.45) is 1.17. The molecule has 21 heavy (non-hydrogen) atoms. The summed E-state index contributed by atoms with van der Waals surface area (Å²) in [6.45, 7) is 5.46. The van der Waals surface area contributed by atoms with E-state index in [1.807, 2.05) is 11.8 Å². The molecule has 0 spiro atoms. The molecule has 110 valence electrons. The lowest BCUT2D eigenvalue weighted by Crippen LogP contribution is -2.28. The Morgan fingerprint density at radius 2 is 1.90 bits per heavy atom. The summed E-state index contributed by atoms with van der Waals surface area (Å²) in [5, 5.41) is 3.77. The Bertz CT molecular complexity index is 591. The Balaban J connectivity index is 1.91. The molecule has 0 saturated carbocycles. The molecule has 1 aliphatic heterocycles. The standard InChI is InChI=1S/C19H23NS/c1-3-12-20-19(15-10-8-14(2)9-11-15)17-13-21-18-7-5-4-6-16(17)18/h4-11,17,19-20H,3,12-13H2,1-2H3. The number of aryl methyl sites for hydroxylation is 1. The summed E-state index contributed by atoms with van der Waals surface area (Å²) in [6, 6.07) is 18.3. The highest BCUT2D eigenvalue weighted by molar-refractivity contribution is 7.99. The molecule has 0 saturated heterocycles. The number of hydrogen-bond donors (Lipinski definition) is 1. The molecule has 1 N–H and O–H groups in total. The molecule has 1 nitrogen and oxygen atoms in total. The molecular weight excluding hydrogens is 274 g/mol. The molecule has 3 rings (SSSR count). The third-order valence-corrected chi connectivity index (χ3v) is 5.40. The van der Waals surface area contributed by atoms with E-state index in [-0.39, 0.29) is 0 Å². The molecule has 2 aromatic carbocycles. The summed E-state index contributed by atoms with van der Waals surface area (Å²) in [5.41, 5.74) is 4.25. The van der Waals surface area contributed by atoms with Crippen LogP contribution in [0.15, 0.2) is 53.4 Å². The van der Waals surface area contributed by atoms with Crippen molar-refractivity contribution in [3.8, 4) is 0 Å². The molecule has 2 unspecified atom stereocenters. The molecule has 0 aliphatic carbocycles. The van der Waals surface area contributed by atoms with Crippen molar-refractivity contribution in [1.82, 2.24) is 5.32 Å². The zero-order valence-corrected chi connectivity index (χ0v) is 13.6. The molecule has 2 aromatic rings. The topological polar surface area (TPSA) is 12.0 Å². The van der Waals surface area contributed by atoms with E-state index in [1.54, 1.807) is 0 Å². The van der Waals surface area contributed by atoms with Gasteiger partial charge in [-0.25, -0.2) is 0 Å². The number of nitrogens with one attached hydrogen (secondary N) is 1. The Morgan fingerprint density at radius 3 is 2.67 bits per heavy atom. The average molecular weight is 297 g/mol. The zero-order chi connectivity index (χ0) is 14.7. The maximum Gasteiger partial charge on any atom is 0.0398 e. The second kappa shape index (κ2) is 6.67. The highest BCUT2D eigenvalue weighted by Crippen LogP contribution is 2.45. The summed E-state index contributed by atoms with van der Waals surface area (Å²) in [5.74, 6) is 1.75. The van der Waals surface area contributed by atoms with E-state index in [9.17, 15) is 0 Å². The molecule has 2 atom stereocenters. The fourth-order valence-electron chi connectivity index (χ4n) is 3.03. The van der Waals surface area contributed by atoms with Gasteiger partial charge in [-0.15, -0.1) is 11.8 Å². The molecule has 2 heteroatoms. The smallest absolute Gasteiger partial charge is 0.0398 e. The van der Waals surface area contributed by atoms with Crippen molar-refractivity contribution in [2.75, 3.05) is 12.3 Å². The van der Waals surface area contributed by atoms with Crippen LogP contribution in [-0.2, 0) is 0 Å². The minimum absolute atomic E-state index is 0.418.